The van der Waals surface area contributed by atoms with Gasteiger partial charge in [-0.3, -0.25) is 0 Å². The minimum atomic E-state index is 0.475. The van der Waals surface area contributed by atoms with Crippen molar-refractivity contribution >= 4 is 17.4 Å². The first-order chi connectivity index (χ1) is 7.99. The summed E-state index contributed by atoms with van der Waals surface area (Å²) in [6, 6.07) is 3.82. The molecular formula is C13H22N2OS. The zero-order valence-corrected chi connectivity index (χ0v) is 11.9. The number of nitrogens with zero attached hydrogens (tertiary/aromatic N) is 1. The Bertz CT molecular complexity index is 353. The van der Waals surface area contributed by atoms with Crippen LogP contribution in [-0.4, -0.2) is 17.3 Å². The fourth-order valence-corrected chi connectivity index (χ4v) is 1.94. The molecule has 17 heavy (non-hydrogen) atoms. The van der Waals surface area contributed by atoms with Crippen molar-refractivity contribution in [2.45, 2.75) is 32.7 Å². The first-order valence-corrected chi connectivity index (χ1v) is 6.99. The standard InChI is InChI=1S/C13H22N2OS/c1-9(2)7-16-13-11(14)5-6-12(15-13)17-8-10(3)4/h5-6,9-10H,7-8,14H2,1-4H3. The molecule has 0 aliphatic heterocycles. The van der Waals surface area contributed by atoms with E-state index in [1.807, 2.05) is 12.1 Å². The second-order valence-electron chi connectivity index (χ2n) is 4.95. The van der Waals surface area contributed by atoms with Gasteiger partial charge in [-0.25, -0.2) is 4.98 Å². The van der Waals surface area contributed by atoms with Crippen LogP contribution in [0, 0.1) is 11.8 Å². The molecule has 0 amide bonds. The monoisotopic (exact) mass is 254 g/mol. The van der Waals surface area contributed by atoms with Gasteiger partial charge in [-0.2, -0.15) is 0 Å². The minimum absolute atomic E-state index is 0.475. The fourth-order valence-electron chi connectivity index (χ4n) is 1.13. The lowest BCUT2D eigenvalue weighted by Crippen LogP contribution is -2.07. The molecule has 0 aromatic carbocycles. The Hall–Kier alpha value is -0.900. The van der Waals surface area contributed by atoms with E-state index in [9.17, 15) is 0 Å². The summed E-state index contributed by atoms with van der Waals surface area (Å²) < 4.78 is 5.60. The quantitative estimate of drug-likeness (QED) is 0.790. The van der Waals surface area contributed by atoms with Gasteiger partial charge in [-0.1, -0.05) is 27.7 Å². The Morgan fingerprint density at radius 3 is 2.53 bits per heavy atom. The van der Waals surface area contributed by atoms with E-state index in [4.69, 9.17) is 10.5 Å². The van der Waals surface area contributed by atoms with E-state index in [1.54, 1.807) is 11.8 Å². The Morgan fingerprint density at radius 1 is 1.24 bits per heavy atom. The summed E-state index contributed by atoms with van der Waals surface area (Å²) in [5.41, 5.74) is 6.45. The number of anilines is 1. The predicted octanol–water partition coefficient (Wildman–Crippen LogP) is 3.45. The second-order valence-corrected chi connectivity index (χ2v) is 5.99. The highest BCUT2D eigenvalue weighted by molar-refractivity contribution is 7.99. The number of thioether (sulfide) groups is 1. The number of pyridine rings is 1. The molecule has 0 unspecified atom stereocenters. The van der Waals surface area contributed by atoms with Gasteiger partial charge in [0.15, 0.2) is 0 Å². The lowest BCUT2D eigenvalue weighted by molar-refractivity contribution is 0.261. The third kappa shape index (κ3) is 5.31. The van der Waals surface area contributed by atoms with Gasteiger partial charge < -0.3 is 10.5 Å². The van der Waals surface area contributed by atoms with Crippen LogP contribution in [0.2, 0.25) is 0 Å². The summed E-state index contributed by atoms with van der Waals surface area (Å²) in [4.78, 5) is 4.43. The molecule has 0 bridgehead atoms. The van der Waals surface area contributed by atoms with Crippen LogP contribution in [-0.2, 0) is 0 Å². The zero-order valence-electron chi connectivity index (χ0n) is 11.1. The van der Waals surface area contributed by atoms with E-state index >= 15 is 0 Å². The molecule has 2 N–H and O–H groups in total. The molecule has 0 fully saturated rings. The van der Waals surface area contributed by atoms with E-state index in [0.29, 0.717) is 30.0 Å². The second kappa shape index (κ2) is 6.74. The molecule has 0 saturated carbocycles. The van der Waals surface area contributed by atoms with Crippen molar-refractivity contribution in [3.63, 3.8) is 0 Å². The summed E-state index contributed by atoms with van der Waals surface area (Å²) in [6.07, 6.45) is 0. The van der Waals surface area contributed by atoms with E-state index < -0.39 is 0 Å². The molecular weight excluding hydrogens is 232 g/mol. The number of nitrogen functional groups attached to an aromatic ring is 1. The third-order valence-electron chi connectivity index (χ3n) is 1.98. The first-order valence-electron chi connectivity index (χ1n) is 6.01. The fraction of sp³-hybridized carbons (Fsp3) is 0.615. The molecule has 1 rings (SSSR count). The summed E-state index contributed by atoms with van der Waals surface area (Å²) in [5.74, 6) is 2.75. The van der Waals surface area contributed by atoms with E-state index in [0.717, 1.165) is 10.8 Å². The van der Waals surface area contributed by atoms with Gasteiger partial charge in [0.1, 0.15) is 5.03 Å². The number of rotatable bonds is 6. The molecule has 0 saturated heterocycles. The Labute approximate surface area is 108 Å². The maximum atomic E-state index is 5.83. The summed E-state index contributed by atoms with van der Waals surface area (Å²) >= 11 is 1.74. The molecule has 1 aromatic rings. The lowest BCUT2D eigenvalue weighted by atomic mass is 10.2. The van der Waals surface area contributed by atoms with Gasteiger partial charge in [0.25, 0.3) is 0 Å². The van der Waals surface area contributed by atoms with Crippen LogP contribution in [0.4, 0.5) is 5.69 Å². The average Bonchev–Trinajstić information content (AvgIpc) is 2.26. The molecule has 0 spiro atoms. The van der Waals surface area contributed by atoms with Crippen molar-refractivity contribution in [1.29, 1.82) is 0 Å². The Balaban J connectivity index is 2.65. The Morgan fingerprint density at radius 2 is 1.94 bits per heavy atom. The van der Waals surface area contributed by atoms with Crippen LogP contribution in [0.15, 0.2) is 17.2 Å². The zero-order chi connectivity index (χ0) is 12.8. The van der Waals surface area contributed by atoms with Crippen LogP contribution in [0.1, 0.15) is 27.7 Å². The maximum Gasteiger partial charge on any atom is 0.238 e. The van der Waals surface area contributed by atoms with Crippen molar-refractivity contribution in [2.24, 2.45) is 11.8 Å². The van der Waals surface area contributed by atoms with Crippen molar-refractivity contribution in [2.75, 3.05) is 18.1 Å². The number of ether oxygens (including phenoxy) is 1. The highest BCUT2D eigenvalue weighted by Crippen LogP contribution is 2.25. The molecule has 1 heterocycles. The predicted molar refractivity (Wildman–Crippen MR) is 74.5 cm³/mol. The third-order valence-corrected chi connectivity index (χ3v) is 3.34. The van der Waals surface area contributed by atoms with Crippen LogP contribution < -0.4 is 10.5 Å². The van der Waals surface area contributed by atoms with Crippen LogP contribution in [0.5, 0.6) is 5.88 Å². The largest absolute Gasteiger partial charge is 0.476 e. The van der Waals surface area contributed by atoms with Gasteiger partial charge in [0.05, 0.1) is 12.3 Å². The number of hydrogen-bond acceptors (Lipinski definition) is 4. The molecule has 1 aromatic heterocycles. The molecule has 0 aliphatic carbocycles. The van der Waals surface area contributed by atoms with E-state index in [2.05, 4.69) is 32.7 Å². The van der Waals surface area contributed by atoms with Crippen molar-refractivity contribution in [1.82, 2.24) is 4.98 Å². The molecule has 0 atom stereocenters. The topological polar surface area (TPSA) is 48.1 Å². The summed E-state index contributed by atoms with van der Waals surface area (Å²) in [7, 11) is 0. The van der Waals surface area contributed by atoms with Crippen LogP contribution in [0.25, 0.3) is 0 Å². The molecule has 0 aliphatic rings. The Kier molecular flexibility index (Phi) is 5.62. The van der Waals surface area contributed by atoms with Gasteiger partial charge in [-0.15, -0.1) is 11.8 Å². The molecule has 0 radical (unpaired) electrons. The first kappa shape index (κ1) is 14.2. The van der Waals surface area contributed by atoms with Crippen LogP contribution in [0.3, 0.4) is 0 Å². The number of nitrogens with two attached hydrogens (primary N) is 1. The molecule has 4 heteroatoms. The van der Waals surface area contributed by atoms with E-state index in [-0.39, 0.29) is 0 Å². The number of hydrogen-bond donors (Lipinski definition) is 1. The van der Waals surface area contributed by atoms with Crippen molar-refractivity contribution in [3.05, 3.63) is 12.1 Å². The smallest absolute Gasteiger partial charge is 0.238 e. The van der Waals surface area contributed by atoms with Gasteiger partial charge >= 0.3 is 0 Å². The minimum Gasteiger partial charge on any atom is -0.476 e. The highest BCUT2D eigenvalue weighted by Gasteiger charge is 2.06. The lowest BCUT2D eigenvalue weighted by Gasteiger charge is -2.11. The normalized spacial score (nSPS) is 11.2. The molecule has 3 nitrogen and oxygen atoms in total. The average molecular weight is 254 g/mol. The maximum absolute atomic E-state index is 5.83. The summed E-state index contributed by atoms with van der Waals surface area (Å²) in [5, 5.41) is 0.978. The van der Waals surface area contributed by atoms with Gasteiger partial charge in [0.2, 0.25) is 5.88 Å². The SMILES string of the molecule is CC(C)COc1nc(SCC(C)C)ccc1N. The molecule has 96 valence electrons. The van der Waals surface area contributed by atoms with Crippen molar-refractivity contribution < 1.29 is 4.74 Å². The summed E-state index contributed by atoms with van der Waals surface area (Å²) in [6.45, 7) is 9.25. The highest BCUT2D eigenvalue weighted by atomic mass is 32.2. The van der Waals surface area contributed by atoms with E-state index in [1.165, 1.54) is 0 Å². The van der Waals surface area contributed by atoms with Gasteiger partial charge in [-0.05, 0) is 24.0 Å². The van der Waals surface area contributed by atoms with Crippen molar-refractivity contribution in [3.8, 4) is 5.88 Å². The number of aromatic nitrogens is 1. The van der Waals surface area contributed by atoms with Gasteiger partial charge in [0, 0.05) is 5.75 Å². The van der Waals surface area contributed by atoms with Crippen LogP contribution >= 0.6 is 11.8 Å².